The topological polar surface area (TPSA) is 111 Å². The highest BCUT2D eigenvalue weighted by Crippen LogP contribution is 2.17. The zero-order chi connectivity index (χ0) is 20.6. The molecule has 0 saturated carbocycles. The molecule has 0 atom stereocenters. The molecule has 0 radical (unpaired) electrons. The summed E-state index contributed by atoms with van der Waals surface area (Å²) in [4.78, 5) is 34.4. The van der Waals surface area contributed by atoms with Gasteiger partial charge in [0, 0.05) is 6.07 Å². The van der Waals surface area contributed by atoms with Crippen molar-refractivity contribution in [2.45, 2.75) is 0 Å². The number of hydrogen-bond donors (Lipinski definition) is 1. The van der Waals surface area contributed by atoms with Crippen LogP contribution in [0.4, 0.5) is 5.69 Å². The smallest absolute Gasteiger partial charge is 0.343 e. The summed E-state index contributed by atoms with van der Waals surface area (Å²) in [6.45, 7) is 0. The standard InChI is InChI=1S/C21H15N3O5/c25-20(18-8-4-5-9-19(18)24(27)28)23-22-14-15-10-12-17(13-11-15)29-21(26)16-6-2-1-3-7-16/h1-14H,(H,23,25)/b22-14-. The van der Waals surface area contributed by atoms with E-state index in [-0.39, 0.29) is 11.3 Å². The van der Waals surface area contributed by atoms with Gasteiger partial charge in [-0.3, -0.25) is 14.9 Å². The van der Waals surface area contributed by atoms with Crippen molar-refractivity contribution >= 4 is 23.8 Å². The van der Waals surface area contributed by atoms with Gasteiger partial charge in [-0.1, -0.05) is 30.3 Å². The fourth-order valence-corrected chi connectivity index (χ4v) is 2.41. The van der Waals surface area contributed by atoms with Gasteiger partial charge in [0.2, 0.25) is 0 Å². The fourth-order valence-electron chi connectivity index (χ4n) is 2.41. The van der Waals surface area contributed by atoms with Gasteiger partial charge in [-0.15, -0.1) is 0 Å². The lowest BCUT2D eigenvalue weighted by molar-refractivity contribution is -0.385. The van der Waals surface area contributed by atoms with Crippen LogP contribution in [0.15, 0.2) is 84.0 Å². The van der Waals surface area contributed by atoms with Crippen molar-refractivity contribution in [3.05, 3.63) is 106 Å². The molecule has 0 saturated heterocycles. The number of ether oxygens (including phenoxy) is 1. The number of rotatable bonds is 6. The predicted molar refractivity (Wildman–Crippen MR) is 106 cm³/mol. The van der Waals surface area contributed by atoms with E-state index in [0.717, 1.165) is 0 Å². The van der Waals surface area contributed by atoms with E-state index in [1.807, 2.05) is 0 Å². The van der Waals surface area contributed by atoms with Crippen LogP contribution >= 0.6 is 0 Å². The molecular formula is C21H15N3O5. The van der Waals surface area contributed by atoms with Crippen LogP contribution in [-0.4, -0.2) is 23.0 Å². The van der Waals surface area contributed by atoms with Crippen molar-refractivity contribution in [1.29, 1.82) is 0 Å². The molecule has 3 rings (SSSR count). The number of carbonyl (C=O) groups is 2. The molecule has 8 heteroatoms. The lowest BCUT2D eigenvalue weighted by atomic mass is 10.2. The molecule has 1 N–H and O–H groups in total. The first kappa shape index (κ1) is 19.4. The Morgan fingerprint density at radius 2 is 1.59 bits per heavy atom. The SMILES string of the molecule is O=C(Oc1ccc(/C=N\NC(=O)c2ccccc2[N+](=O)[O-])cc1)c1ccccc1. The van der Waals surface area contributed by atoms with Crippen molar-refractivity contribution in [1.82, 2.24) is 5.43 Å². The van der Waals surface area contributed by atoms with Crippen molar-refractivity contribution in [2.24, 2.45) is 5.10 Å². The number of esters is 1. The minimum absolute atomic E-state index is 0.0853. The van der Waals surface area contributed by atoms with Crippen LogP contribution in [0.1, 0.15) is 26.3 Å². The maximum atomic E-state index is 12.1. The van der Waals surface area contributed by atoms with E-state index in [9.17, 15) is 19.7 Å². The lowest BCUT2D eigenvalue weighted by Gasteiger charge is -2.04. The normalized spacial score (nSPS) is 10.5. The van der Waals surface area contributed by atoms with E-state index < -0.39 is 16.8 Å². The zero-order valence-corrected chi connectivity index (χ0v) is 15.0. The van der Waals surface area contributed by atoms with E-state index in [1.54, 1.807) is 54.6 Å². The van der Waals surface area contributed by atoms with Crippen LogP contribution in [0.2, 0.25) is 0 Å². The molecule has 0 spiro atoms. The minimum atomic E-state index is -0.693. The highest BCUT2D eigenvalue weighted by Gasteiger charge is 2.18. The molecule has 0 aliphatic heterocycles. The Balaban J connectivity index is 1.60. The number of nitrogens with zero attached hydrogens (tertiary/aromatic N) is 2. The first-order chi connectivity index (χ1) is 14.0. The molecule has 3 aromatic rings. The first-order valence-electron chi connectivity index (χ1n) is 8.49. The van der Waals surface area contributed by atoms with Gasteiger partial charge < -0.3 is 4.74 Å². The van der Waals surface area contributed by atoms with Gasteiger partial charge in [0.15, 0.2) is 0 Å². The number of para-hydroxylation sites is 1. The number of nitro groups is 1. The summed E-state index contributed by atoms with van der Waals surface area (Å²) in [5.41, 5.74) is 2.94. The summed E-state index contributed by atoms with van der Waals surface area (Å²) in [5.74, 6) is -0.800. The molecule has 0 unspecified atom stereocenters. The molecule has 29 heavy (non-hydrogen) atoms. The van der Waals surface area contributed by atoms with E-state index >= 15 is 0 Å². The molecule has 144 valence electrons. The molecular weight excluding hydrogens is 374 g/mol. The average Bonchev–Trinajstić information content (AvgIpc) is 2.75. The minimum Gasteiger partial charge on any atom is -0.423 e. The zero-order valence-electron chi connectivity index (χ0n) is 15.0. The second-order valence-corrected chi connectivity index (χ2v) is 5.80. The number of benzene rings is 3. The van der Waals surface area contributed by atoms with Gasteiger partial charge in [-0.2, -0.15) is 5.10 Å². The Labute approximate surface area is 165 Å². The predicted octanol–water partition coefficient (Wildman–Crippen LogP) is 3.58. The quantitative estimate of drug-likeness (QED) is 0.228. The average molecular weight is 389 g/mol. The number of hydrogen-bond acceptors (Lipinski definition) is 6. The van der Waals surface area contributed by atoms with Crippen molar-refractivity contribution in [3.63, 3.8) is 0 Å². The van der Waals surface area contributed by atoms with Gasteiger partial charge in [0.1, 0.15) is 11.3 Å². The highest BCUT2D eigenvalue weighted by molar-refractivity contribution is 5.98. The highest BCUT2D eigenvalue weighted by atomic mass is 16.6. The lowest BCUT2D eigenvalue weighted by Crippen LogP contribution is -2.18. The second kappa shape index (κ2) is 9.05. The summed E-state index contributed by atoms with van der Waals surface area (Å²) < 4.78 is 5.27. The number of nitrogens with one attached hydrogen (secondary N) is 1. The molecule has 8 nitrogen and oxygen atoms in total. The van der Waals surface area contributed by atoms with Crippen LogP contribution in [0.3, 0.4) is 0 Å². The Hall–Kier alpha value is -4.33. The molecule has 0 aromatic heterocycles. The summed E-state index contributed by atoms with van der Waals surface area (Å²) in [7, 11) is 0. The van der Waals surface area contributed by atoms with Crippen molar-refractivity contribution < 1.29 is 19.2 Å². The number of hydrazone groups is 1. The van der Waals surface area contributed by atoms with Crippen LogP contribution in [0.5, 0.6) is 5.75 Å². The fraction of sp³-hybridized carbons (Fsp3) is 0. The van der Waals surface area contributed by atoms with Crippen molar-refractivity contribution in [2.75, 3.05) is 0 Å². The molecule has 3 aromatic carbocycles. The van der Waals surface area contributed by atoms with E-state index in [4.69, 9.17) is 4.74 Å². The number of carbonyl (C=O) groups excluding carboxylic acids is 2. The molecule has 1 amide bonds. The van der Waals surface area contributed by atoms with Gasteiger partial charge in [0.05, 0.1) is 16.7 Å². The van der Waals surface area contributed by atoms with Gasteiger partial charge >= 0.3 is 5.97 Å². The summed E-state index contributed by atoms with van der Waals surface area (Å²) in [6.07, 6.45) is 1.37. The van der Waals surface area contributed by atoms with E-state index in [1.165, 1.54) is 30.5 Å². The number of nitro benzene ring substituents is 1. The Kier molecular flexibility index (Phi) is 6.06. The van der Waals surface area contributed by atoms with Crippen LogP contribution < -0.4 is 10.2 Å². The van der Waals surface area contributed by atoms with Gasteiger partial charge in [0.25, 0.3) is 11.6 Å². The van der Waals surface area contributed by atoms with Gasteiger partial charge in [-0.05, 0) is 48.0 Å². The van der Waals surface area contributed by atoms with Crippen LogP contribution in [0, 0.1) is 10.1 Å². The van der Waals surface area contributed by atoms with Crippen LogP contribution in [0.25, 0.3) is 0 Å². The Morgan fingerprint density at radius 1 is 0.931 bits per heavy atom. The largest absolute Gasteiger partial charge is 0.423 e. The number of amides is 1. The molecule has 0 aliphatic rings. The second-order valence-electron chi connectivity index (χ2n) is 5.80. The molecule has 0 aliphatic carbocycles. The summed E-state index contributed by atoms with van der Waals surface area (Å²) in [5, 5.41) is 14.8. The van der Waals surface area contributed by atoms with E-state index in [0.29, 0.717) is 16.9 Å². The third-order valence-electron chi connectivity index (χ3n) is 3.83. The monoisotopic (exact) mass is 389 g/mol. The van der Waals surface area contributed by atoms with Gasteiger partial charge in [-0.25, -0.2) is 10.2 Å². The molecule has 0 heterocycles. The Morgan fingerprint density at radius 3 is 2.28 bits per heavy atom. The summed E-state index contributed by atoms with van der Waals surface area (Å²) >= 11 is 0. The third-order valence-corrected chi connectivity index (χ3v) is 3.83. The van der Waals surface area contributed by atoms with Crippen LogP contribution in [-0.2, 0) is 0 Å². The first-order valence-corrected chi connectivity index (χ1v) is 8.49. The molecule has 0 fully saturated rings. The van der Waals surface area contributed by atoms with Crippen molar-refractivity contribution in [3.8, 4) is 5.75 Å². The maximum Gasteiger partial charge on any atom is 0.343 e. The van der Waals surface area contributed by atoms with E-state index in [2.05, 4.69) is 10.5 Å². The Bertz CT molecular complexity index is 1060. The summed E-state index contributed by atoms with van der Waals surface area (Å²) in [6, 6.07) is 20.7. The maximum absolute atomic E-state index is 12.1. The third kappa shape index (κ3) is 5.10. The molecule has 0 bridgehead atoms.